The molecule has 1 fully saturated rings. The Labute approximate surface area is 123 Å². The molecule has 1 heterocycles. The summed E-state index contributed by atoms with van der Waals surface area (Å²) in [6, 6.07) is 3.96. The Morgan fingerprint density at radius 1 is 1.32 bits per heavy atom. The van der Waals surface area contributed by atoms with E-state index in [1.54, 1.807) is 0 Å². The molecule has 1 unspecified atom stereocenters. The standard InChI is InChI=1S/C14H19BrO3S/c1-10-6-13(7-11(2)14(10)15)18-8-12-4-3-5-19(16,17)9-12/h6-7,12H,3-5,8-9H2,1-2H3. The van der Waals surface area contributed by atoms with E-state index in [4.69, 9.17) is 4.74 Å². The Balaban J connectivity index is 1.99. The number of rotatable bonds is 3. The molecule has 0 bridgehead atoms. The predicted molar refractivity (Wildman–Crippen MR) is 80.5 cm³/mol. The maximum Gasteiger partial charge on any atom is 0.150 e. The quantitative estimate of drug-likeness (QED) is 0.843. The smallest absolute Gasteiger partial charge is 0.150 e. The Bertz CT molecular complexity index is 543. The van der Waals surface area contributed by atoms with Gasteiger partial charge in [0.2, 0.25) is 0 Å². The van der Waals surface area contributed by atoms with Crippen molar-refractivity contribution in [1.29, 1.82) is 0 Å². The number of halogens is 1. The van der Waals surface area contributed by atoms with Crippen LogP contribution in [-0.4, -0.2) is 26.5 Å². The van der Waals surface area contributed by atoms with Gasteiger partial charge in [0, 0.05) is 10.4 Å². The summed E-state index contributed by atoms with van der Waals surface area (Å²) < 4.78 is 30.0. The van der Waals surface area contributed by atoms with E-state index in [2.05, 4.69) is 15.9 Å². The third-order valence-electron chi connectivity index (χ3n) is 3.45. The first-order chi connectivity index (χ1) is 8.87. The lowest BCUT2D eigenvalue weighted by molar-refractivity contribution is 0.249. The number of sulfone groups is 1. The molecule has 2 rings (SSSR count). The van der Waals surface area contributed by atoms with Gasteiger partial charge in [0.15, 0.2) is 9.84 Å². The molecule has 3 nitrogen and oxygen atoms in total. The van der Waals surface area contributed by atoms with Crippen LogP contribution < -0.4 is 4.74 Å². The molecule has 0 amide bonds. The number of hydrogen-bond acceptors (Lipinski definition) is 3. The van der Waals surface area contributed by atoms with Gasteiger partial charge in [-0.1, -0.05) is 15.9 Å². The maximum atomic E-state index is 11.6. The van der Waals surface area contributed by atoms with E-state index in [1.807, 2.05) is 26.0 Å². The number of aryl methyl sites for hydroxylation is 2. The highest BCUT2D eigenvalue weighted by atomic mass is 79.9. The van der Waals surface area contributed by atoms with Gasteiger partial charge >= 0.3 is 0 Å². The van der Waals surface area contributed by atoms with Gasteiger partial charge in [-0.3, -0.25) is 0 Å². The summed E-state index contributed by atoms with van der Waals surface area (Å²) in [7, 11) is -2.85. The van der Waals surface area contributed by atoms with E-state index in [0.717, 1.165) is 34.2 Å². The molecule has 0 saturated carbocycles. The summed E-state index contributed by atoms with van der Waals surface area (Å²) in [5.41, 5.74) is 2.26. The highest BCUT2D eigenvalue weighted by Gasteiger charge is 2.25. The second-order valence-electron chi connectivity index (χ2n) is 5.30. The van der Waals surface area contributed by atoms with Crippen molar-refractivity contribution >= 4 is 25.8 Å². The largest absolute Gasteiger partial charge is 0.493 e. The minimum Gasteiger partial charge on any atom is -0.493 e. The maximum absolute atomic E-state index is 11.6. The monoisotopic (exact) mass is 346 g/mol. The van der Waals surface area contributed by atoms with Crippen molar-refractivity contribution in [3.63, 3.8) is 0 Å². The highest BCUT2D eigenvalue weighted by Crippen LogP contribution is 2.27. The van der Waals surface area contributed by atoms with Crippen LogP contribution in [0.4, 0.5) is 0 Å². The van der Waals surface area contributed by atoms with E-state index in [1.165, 1.54) is 0 Å². The van der Waals surface area contributed by atoms with E-state index in [9.17, 15) is 8.42 Å². The minimum atomic E-state index is -2.85. The first-order valence-electron chi connectivity index (χ1n) is 6.47. The third-order valence-corrected chi connectivity index (χ3v) is 6.59. The molecule has 0 spiro atoms. The Hall–Kier alpha value is -0.550. The number of ether oxygens (including phenoxy) is 1. The molecule has 1 atom stereocenters. The zero-order valence-corrected chi connectivity index (χ0v) is 13.7. The van der Waals surface area contributed by atoms with E-state index in [0.29, 0.717) is 12.4 Å². The Kier molecular flexibility index (Phi) is 4.56. The molecule has 0 aromatic heterocycles. The summed E-state index contributed by atoms with van der Waals surface area (Å²) >= 11 is 3.52. The van der Waals surface area contributed by atoms with Gasteiger partial charge in [-0.15, -0.1) is 0 Å². The van der Waals surface area contributed by atoms with Crippen LogP contribution in [0.3, 0.4) is 0 Å². The van der Waals surface area contributed by atoms with Crippen molar-refractivity contribution in [2.45, 2.75) is 26.7 Å². The molecule has 1 aromatic rings. The fourth-order valence-corrected chi connectivity index (χ4v) is 4.44. The fourth-order valence-electron chi connectivity index (χ4n) is 2.45. The van der Waals surface area contributed by atoms with Crippen molar-refractivity contribution in [1.82, 2.24) is 0 Å². The average Bonchev–Trinajstić information content (AvgIpc) is 2.32. The average molecular weight is 347 g/mol. The van der Waals surface area contributed by atoms with Gasteiger partial charge in [-0.05, 0) is 49.9 Å². The highest BCUT2D eigenvalue weighted by molar-refractivity contribution is 9.10. The van der Waals surface area contributed by atoms with Gasteiger partial charge in [0.05, 0.1) is 18.1 Å². The molecule has 1 saturated heterocycles. The molecule has 0 radical (unpaired) electrons. The van der Waals surface area contributed by atoms with E-state index >= 15 is 0 Å². The van der Waals surface area contributed by atoms with Crippen LogP contribution in [0.15, 0.2) is 16.6 Å². The van der Waals surface area contributed by atoms with Crippen LogP contribution in [0.25, 0.3) is 0 Å². The zero-order valence-electron chi connectivity index (χ0n) is 11.3. The first kappa shape index (κ1) is 14.9. The number of hydrogen-bond donors (Lipinski definition) is 0. The third kappa shape index (κ3) is 3.96. The van der Waals surface area contributed by atoms with Crippen molar-refractivity contribution in [3.8, 4) is 5.75 Å². The minimum absolute atomic E-state index is 0.128. The summed E-state index contributed by atoms with van der Waals surface area (Å²) in [6.45, 7) is 4.53. The lowest BCUT2D eigenvalue weighted by atomic mass is 10.1. The van der Waals surface area contributed by atoms with Gasteiger partial charge in [-0.25, -0.2) is 8.42 Å². The molecule has 0 N–H and O–H groups in total. The van der Waals surface area contributed by atoms with Crippen molar-refractivity contribution < 1.29 is 13.2 Å². The molecule has 0 aliphatic carbocycles. The second kappa shape index (κ2) is 5.83. The second-order valence-corrected chi connectivity index (χ2v) is 8.33. The van der Waals surface area contributed by atoms with Crippen LogP contribution in [0.2, 0.25) is 0 Å². The van der Waals surface area contributed by atoms with Gasteiger partial charge in [0.25, 0.3) is 0 Å². The summed E-state index contributed by atoms with van der Waals surface area (Å²) in [4.78, 5) is 0. The van der Waals surface area contributed by atoms with Crippen LogP contribution in [0, 0.1) is 19.8 Å². The molecule has 1 aliphatic heterocycles. The van der Waals surface area contributed by atoms with Crippen LogP contribution in [0.5, 0.6) is 5.75 Å². The van der Waals surface area contributed by atoms with Crippen LogP contribution in [-0.2, 0) is 9.84 Å². The number of benzene rings is 1. The molecule has 106 valence electrons. The summed E-state index contributed by atoms with van der Waals surface area (Å²) in [6.07, 6.45) is 1.70. The normalized spacial score (nSPS) is 22.2. The van der Waals surface area contributed by atoms with Gasteiger partial charge < -0.3 is 4.74 Å². The topological polar surface area (TPSA) is 43.4 Å². The molecule has 5 heteroatoms. The van der Waals surface area contributed by atoms with Gasteiger partial charge in [-0.2, -0.15) is 0 Å². The Morgan fingerprint density at radius 2 is 1.95 bits per heavy atom. The Morgan fingerprint density at radius 3 is 2.53 bits per heavy atom. The zero-order chi connectivity index (χ0) is 14.0. The molecule has 1 aliphatic rings. The van der Waals surface area contributed by atoms with Crippen molar-refractivity contribution in [2.75, 3.05) is 18.1 Å². The van der Waals surface area contributed by atoms with Crippen LogP contribution >= 0.6 is 15.9 Å². The van der Waals surface area contributed by atoms with E-state index < -0.39 is 9.84 Å². The lowest BCUT2D eigenvalue weighted by Crippen LogP contribution is -2.29. The van der Waals surface area contributed by atoms with E-state index in [-0.39, 0.29) is 11.7 Å². The van der Waals surface area contributed by atoms with Crippen LogP contribution in [0.1, 0.15) is 24.0 Å². The fraction of sp³-hybridized carbons (Fsp3) is 0.571. The molecular formula is C14H19BrO3S. The van der Waals surface area contributed by atoms with Crippen molar-refractivity contribution in [2.24, 2.45) is 5.92 Å². The molecule has 1 aromatic carbocycles. The summed E-state index contributed by atoms with van der Waals surface area (Å²) in [5, 5.41) is 0. The predicted octanol–water partition coefficient (Wildman–Crippen LogP) is 3.27. The lowest BCUT2D eigenvalue weighted by Gasteiger charge is -2.22. The summed E-state index contributed by atoms with van der Waals surface area (Å²) in [5.74, 6) is 1.55. The van der Waals surface area contributed by atoms with Crippen molar-refractivity contribution in [3.05, 3.63) is 27.7 Å². The first-order valence-corrected chi connectivity index (χ1v) is 9.09. The SMILES string of the molecule is Cc1cc(OCC2CCCS(=O)(=O)C2)cc(C)c1Br. The molecule has 19 heavy (non-hydrogen) atoms. The molecular weight excluding hydrogens is 328 g/mol. The van der Waals surface area contributed by atoms with Gasteiger partial charge in [0.1, 0.15) is 5.75 Å².